The van der Waals surface area contributed by atoms with Crippen LogP contribution in [0.1, 0.15) is 0 Å². The summed E-state index contributed by atoms with van der Waals surface area (Å²) in [7, 11) is 0. The molecule has 0 saturated heterocycles. The maximum atomic E-state index is 12.0. The second-order valence-electron chi connectivity index (χ2n) is 3.84. The van der Waals surface area contributed by atoms with Crippen molar-refractivity contribution in [2.24, 2.45) is 0 Å². The molecule has 0 aliphatic heterocycles. The van der Waals surface area contributed by atoms with E-state index in [4.69, 9.17) is 85.6 Å². The number of benzene rings is 1. The van der Waals surface area contributed by atoms with Gasteiger partial charge in [-0.05, 0) is 18.0 Å². The molecule has 2 rings (SSSR count). The van der Waals surface area contributed by atoms with Crippen LogP contribution in [-0.4, -0.2) is 6.26 Å². The van der Waals surface area contributed by atoms with Crippen LogP contribution in [0.15, 0.2) is 24.3 Å². The molecular weight excluding hydrogens is 488 g/mol. The van der Waals surface area contributed by atoms with Gasteiger partial charge in [-0.2, -0.15) is 0 Å². The van der Waals surface area contributed by atoms with E-state index in [9.17, 15) is 4.79 Å². The summed E-state index contributed by atoms with van der Waals surface area (Å²) in [5.41, 5.74) is -0.565. The van der Waals surface area contributed by atoms with E-state index < -0.39 is 5.43 Å². The standard InChI is InChI=1S/C12H3Cl7O2S2/c1-22-11-7(18)9(20)8(19)12(21-11)23-10-5(16)3(14)2(13)4(15)6(10)17/h1H3. The summed E-state index contributed by atoms with van der Waals surface area (Å²) in [6, 6.07) is 0. The molecule has 23 heavy (non-hydrogen) atoms. The van der Waals surface area contributed by atoms with E-state index in [1.165, 1.54) is 0 Å². The van der Waals surface area contributed by atoms with Gasteiger partial charge in [0.05, 0.1) is 30.0 Å². The summed E-state index contributed by atoms with van der Waals surface area (Å²) in [5.74, 6) is 0. The third-order valence-corrected chi connectivity index (χ3v) is 7.65. The average Bonchev–Trinajstić information content (AvgIpc) is 2.54. The first-order chi connectivity index (χ1) is 10.7. The summed E-state index contributed by atoms with van der Waals surface area (Å²) in [6.07, 6.45) is 1.70. The monoisotopic (exact) mass is 488 g/mol. The van der Waals surface area contributed by atoms with Crippen molar-refractivity contribution in [3.8, 4) is 0 Å². The van der Waals surface area contributed by atoms with Gasteiger partial charge in [-0.3, -0.25) is 4.79 Å². The van der Waals surface area contributed by atoms with E-state index in [-0.39, 0.29) is 50.2 Å². The first kappa shape index (κ1) is 20.2. The molecule has 124 valence electrons. The second kappa shape index (κ2) is 8.07. The van der Waals surface area contributed by atoms with E-state index >= 15 is 0 Å². The summed E-state index contributed by atoms with van der Waals surface area (Å²) >= 11 is 44.2. The second-order valence-corrected chi connectivity index (χ2v) is 8.25. The topological polar surface area (TPSA) is 30.2 Å². The predicted molar refractivity (Wildman–Crippen MR) is 102 cm³/mol. The molecule has 1 heterocycles. The van der Waals surface area contributed by atoms with E-state index in [1.807, 2.05) is 0 Å². The summed E-state index contributed by atoms with van der Waals surface area (Å²) in [5, 5.41) is 0.187. The fraction of sp³-hybridized carbons (Fsp3) is 0.0833. The Morgan fingerprint density at radius 3 is 1.61 bits per heavy atom. The number of hydrogen-bond acceptors (Lipinski definition) is 4. The zero-order valence-electron chi connectivity index (χ0n) is 10.8. The minimum Gasteiger partial charge on any atom is -0.440 e. The molecule has 0 amide bonds. The van der Waals surface area contributed by atoms with Gasteiger partial charge in [0.15, 0.2) is 10.2 Å². The van der Waals surface area contributed by atoms with Crippen LogP contribution >= 0.6 is 105 Å². The van der Waals surface area contributed by atoms with Crippen molar-refractivity contribution in [2.45, 2.75) is 15.1 Å². The number of rotatable bonds is 3. The Bertz CT molecular complexity index is 822. The van der Waals surface area contributed by atoms with Crippen molar-refractivity contribution in [1.82, 2.24) is 0 Å². The molecule has 0 spiro atoms. The van der Waals surface area contributed by atoms with Gasteiger partial charge >= 0.3 is 0 Å². The molecule has 11 heteroatoms. The first-order valence-electron chi connectivity index (χ1n) is 5.46. The van der Waals surface area contributed by atoms with Crippen molar-refractivity contribution >= 4 is 105 Å². The summed E-state index contributed by atoms with van der Waals surface area (Å²) in [4.78, 5) is 12.3. The molecule has 1 aromatic carbocycles. The number of hydrogen-bond donors (Lipinski definition) is 0. The van der Waals surface area contributed by atoms with Crippen molar-refractivity contribution in [3.05, 3.63) is 45.4 Å². The van der Waals surface area contributed by atoms with Crippen LogP contribution in [0.2, 0.25) is 35.2 Å². The molecule has 0 fully saturated rings. The molecule has 0 radical (unpaired) electrons. The zero-order valence-corrected chi connectivity index (χ0v) is 17.7. The largest absolute Gasteiger partial charge is 0.440 e. The maximum Gasteiger partial charge on any atom is 0.224 e. The average molecular weight is 491 g/mol. The molecule has 0 atom stereocenters. The van der Waals surface area contributed by atoms with Gasteiger partial charge in [-0.1, -0.05) is 93.0 Å². The fourth-order valence-electron chi connectivity index (χ4n) is 1.42. The molecule has 1 aromatic heterocycles. The lowest BCUT2D eigenvalue weighted by atomic mass is 10.3. The van der Waals surface area contributed by atoms with Crippen LogP contribution in [-0.2, 0) is 0 Å². The van der Waals surface area contributed by atoms with E-state index in [1.54, 1.807) is 6.26 Å². The minimum absolute atomic E-state index is 0.0288. The highest BCUT2D eigenvalue weighted by Gasteiger charge is 2.24. The van der Waals surface area contributed by atoms with Crippen LogP contribution in [0.25, 0.3) is 0 Å². The lowest BCUT2D eigenvalue weighted by Gasteiger charge is -2.12. The van der Waals surface area contributed by atoms with E-state index in [2.05, 4.69) is 0 Å². The molecule has 0 unspecified atom stereocenters. The smallest absolute Gasteiger partial charge is 0.224 e. The summed E-state index contributed by atoms with van der Waals surface area (Å²) < 4.78 is 5.52. The molecule has 0 saturated carbocycles. The van der Waals surface area contributed by atoms with Crippen molar-refractivity contribution in [2.75, 3.05) is 6.26 Å². The molecular formula is C12H3Cl7O2S2. The van der Waals surface area contributed by atoms with Crippen LogP contribution < -0.4 is 5.43 Å². The van der Waals surface area contributed by atoms with Gasteiger partial charge in [0.2, 0.25) is 5.43 Å². The van der Waals surface area contributed by atoms with Gasteiger partial charge in [0, 0.05) is 0 Å². The Morgan fingerprint density at radius 1 is 0.696 bits per heavy atom. The van der Waals surface area contributed by atoms with Crippen LogP contribution in [0, 0.1) is 0 Å². The normalized spacial score (nSPS) is 11.1. The first-order valence-corrected chi connectivity index (χ1v) is 10.1. The quantitative estimate of drug-likeness (QED) is 0.247. The van der Waals surface area contributed by atoms with Gasteiger partial charge in [-0.15, -0.1) is 0 Å². The zero-order chi connectivity index (χ0) is 17.5. The predicted octanol–water partition coefficient (Wildman–Crippen LogP) is 8.09. The number of halogens is 7. The van der Waals surface area contributed by atoms with Gasteiger partial charge in [0.25, 0.3) is 0 Å². The lowest BCUT2D eigenvalue weighted by molar-refractivity contribution is 0.373. The highest BCUT2D eigenvalue weighted by molar-refractivity contribution is 7.99. The molecule has 0 aliphatic carbocycles. The lowest BCUT2D eigenvalue weighted by Crippen LogP contribution is -2.04. The SMILES string of the molecule is CSc1oc(Sc2c(Cl)c(Cl)c(Cl)c(Cl)c2Cl)c(Cl)c(=O)c1Cl. The fourth-order valence-corrected chi connectivity index (χ4v) is 4.93. The Labute approximate surface area is 174 Å². The van der Waals surface area contributed by atoms with Crippen molar-refractivity contribution in [1.29, 1.82) is 0 Å². The Balaban J connectivity index is 2.66. The van der Waals surface area contributed by atoms with Crippen molar-refractivity contribution in [3.63, 3.8) is 0 Å². The minimum atomic E-state index is -0.565. The highest BCUT2D eigenvalue weighted by atomic mass is 35.5. The molecule has 0 bridgehead atoms. The molecule has 2 nitrogen and oxygen atoms in total. The third kappa shape index (κ3) is 3.86. The van der Waals surface area contributed by atoms with Crippen LogP contribution in [0.5, 0.6) is 0 Å². The van der Waals surface area contributed by atoms with Gasteiger partial charge in [-0.25, -0.2) is 0 Å². The Hall–Kier alpha value is 0.900. The molecule has 0 aliphatic rings. The van der Waals surface area contributed by atoms with Crippen LogP contribution in [0.3, 0.4) is 0 Å². The van der Waals surface area contributed by atoms with Crippen LogP contribution in [0.4, 0.5) is 0 Å². The highest BCUT2D eigenvalue weighted by Crippen LogP contribution is 2.50. The van der Waals surface area contributed by atoms with E-state index in [0.717, 1.165) is 23.5 Å². The Kier molecular flexibility index (Phi) is 7.09. The molecule has 2 aromatic rings. The van der Waals surface area contributed by atoms with Crippen molar-refractivity contribution < 1.29 is 4.42 Å². The molecule has 0 N–H and O–H groups in total. The summed E-state index contributed by atoms with van der Waals surface area (Å²) in [6.45, 7) is 0. The number of thioether (sulfide) groups is 1. The Morgan fingerprint density at radius 2 is 1.13 bits per heavy atom. The van der Waals surface area contributed by atoms with E-state index in [0.29, 0.717) is 0 Å². The van der Waals surface area contributed by atoms with Gasteiger partial charge < -0.3 is 4.42 Å². The third-order valence-electron chi connectivity index (χ3n) is 2.49. The van der Waals surface area contributed by atoms with Gasteiger partial charge in [0.1, 0.15) is 10.0 Å². The maximum absolute atomic E-state index is 12.0.